The van der Waals surface area contributed by atoms with Crippen LogP contribution in [0, 0.1) is 0 Å². The van der Waals surface area contributed by atoms with Gasteiger partial charge in [0.25, 0.3) is 5.60 Å². The van der Waals surface area contributed by atoms with Gasteiger partial charge in [0.05, 0.1) is 25.8 Å². The van der Waals surface area contributed by atoms with E-state index in [2.05, 4.69) is 14.9 Å². The number of oxime groups is 1. The summed E-state index contributed by atoms with van der Waals surface area (Å²) in [5.74, 6) is -0.380. The third-order valence-corrected chi connectivity index (χ3v) is 4.34. The number of esters is 1. The number of carbonyl (C=O) groups is 1. The highest BCUT2D eigenvalue weighted by Crippen LogP contribution is 2.49. The highest BCUT2D eigenvalue weighted by Gasteiger charge is 2.62. The lowest BCUT2D eigenvalue weighted by Crippen LogP contribution is -2.42. The van der Waals surface area contributed by atoms with Gasteiger partial charge in [0.1, 0.15) is 0 Å². The van der Waals surface area contributed by atoms with Crippen molar-refractivity contribution in [1.29, 1.82) is 0 Å². The summed E-state index contributed by atoms with van der Waals surface area (Å²) in [5, 5.41) is 3.82. The average molecular weight is 450 g/mol. The van der Waals surface area contributed by atoms with Crippen molar-refractivity contribution in [2.24, 2.45) is 10.9 Å². The quantitative estimate of drug-likeness (QED) is 0.713. The van der Waals surface area contributed by atoms with Gasteiger partial charge in [0.2, 0.25) is 0 Å². The number of nitrogens with zero attached hydrogens (tertiary/aromatic N) is 2. The molecule has 0 amide bonds. The zero-order chi connectivity index (χ0) is 21.7. The van der Waals surface area contributed by atoms with Crippen molar-refractivity contribution in [2.75, 3.05) is 13.7 Å². The number of rotatable bonds is 3. The molecule has 11 heteroatoms. The van der Waals surface area contributed by atoms with Crippen molar-refractivity contribution < 1.29 is 27.5 Å². The highest BCUT2D eigenvalue weighted by molar-refractivity contribution is 6.34. The van der Waals surface area contributed by atoms with Crippen LogP contribution in [0.1, 0.15) is 17.5 Å². The molecule has 0 bridgehead atoms. The minimum Gasteiger partial charge on any atom is -0.468 e. The molecule has 0 radical (unpaired) electrons. The Balaban J connectivity index is 0.000000438. The predicted octanol–water partition coefficient (Wildman–Crippen LogP) is 4.09. The molecule has 1 aliphatic rings. The number of methoxy groups -OCH3 is 1. The van der Waals surface area contributed by atoms with E-state index in [1.54, 1.807) is 12.1 Å². The fraction of sp³-hybridized carbons (Fsp3) is 0.278. The number of ether oxygens (including phenoxy) is 1. The van der Waals surface area contributed by atoms with Crippen molar-refractivity contribution in [3.05, 3.63) is 63.9 Å². The lowest BCUT2D eigenvalue weighted by atomic mass is 9.87. The second-order valence-electron chi connectivity index (χ2n) is 5.81. The third kappa shape index (κ3) is 5.37. The van der Waals surface area contributed by atoms with Gasteiger partial charge in [-0.1, -0.05) is 28.4 Å². The molecule has 1 atom stereocenters. The summed E-state index contributed by atoms with van der Waals surface area (Å²) in [6.45, 7) is -0.0312. The molecule has 1 unspecified atom stereocenters. The first-order valence-electron chi connectivity index (χ1n) is 8.08. The Labute approximate surface area is 174 Å². The van der Waals surface area contributed by atoms with Crippen molar-refractivity contribution in [2.45, 2.75) is 18.2 Å². The summed E-state index contributed by atoms with van der Waals surface area (Å²) in [4.78, 5) is 18.6. The molecule has 0 fully saturated rings. The second kappa shape index (κ2) is 9.43. The van der Waals surface area contributed by atoms with Gasteiger partial charge in [-0.15, -0.1) is 0 Å². The number of hydrogen-bond acceptors (Lipinski definition) is 6. The molecule has 1 aliphatic heterocycles. The molecule has 0 saturated heterocycles. The van der Waals surface area contributed by atoms with E-state index in [0.717, 1.165) is 0 Å². The van der Waals surface area contributed by atoms with Crippen LogP contribution in [-0.2, 0) is 20.0 Å². The zero-order valence-corrected chi connectivity index (χ0v) is 16.6. The second-order valence-corrected chi connectivity index (χ2v) is 6.68. The van der Waals surface area contributed by atoms with Crippen molar-refractivity contribution in [1.82, 2.24) is 4.98 Å². The number of pyridine rings is 1. The Morgan fingerprint density at radius 2 is 1.97 bits per heavy atom. The first-order chi connectivity index (χ1) is 13.6. The van der Waals surface area contributed by atoms with Crippen LogP contribution in [0.5, 0.6) is 0 Å². The van der Waals surface area contributed by atoms with Gasteiger partial charge in [-0.05, 0) is 30.3 Å². The van der Waals surface area contributed by atoms with E-state index in [1.165, 1.54) is 37.7 Å². The van der Waals surface area contributed by atoms with E-state index in [1.807, 2.05) is 0 Å². The Hall–Kier alpha value is -2.36. The van der Waals surface area contributed by atoms with E-state index in [9.17, 15) is 18.0 Å². The van der Waals surface area contributed by atoms with Gasteiger partial charge < -0.3 is 15.3 Å². The molecule has 156 valence electrons. The topological polar surface area (TPSA) is 86.8 Å². The van der Waals surface area contributed by atoms with Crippen LogP contribution in [0.2, 0.25) is 10.0 Å². The van der Waals surface area contributed by atoms with Gasteiger partial charge in [0, 0.05) is 33.6 Å². The monoisotopic (exact) mass is 449 g/mol. The van der Waals surface area contributed by atoms with E-state index in [4.69, 9.17) is 33.8 Å². The molecule has 3 rings (SSSR count). The van der Waals surface area contributed by atoms with E-state index < -0.39 is 18.2 Å². The van der Waals surface area contributed by atoms with Crippen LogP contribution < -0.4 is 5.73 Å². The van der Waals surface area contributed by atoms with E-state index in [-0.39, 0.29) is 33.8 Å². The number of halogens is 5. The largest absolute Gasteiger partial charge is 0.468 e. The molecule has 6 nitrogen and oxygen atoms in total. The van der Waals surface area contributed by atoms with Crippen LogP contribution in [0.25, 0.3) is 0 Å². The first kappa shape index (κ1) is 22.9. The standard InChI is InChI=1S/C15H9Cl2F3N2O.C3H7NO2/c16-11-4-10(5-12(17)6-11)14(15(18,19)20)7-13(22-23-14)9-2-1-3-21-8-9;1-6-3(5)2-4/h1-6,8H,7H2;2,4H2,1H3. The molecule has 1 aromatic carbocycles. The normalized spacial score (nSPS) is 18.2. The molecular weight excluding hydrogens is 434 g/mol. The molecule has 0 spiro atoms. The van der Waals surface area contributed by atoms with Crippen LogP contribution in [0.4, 0.5) is 13.2 Å². The summed E-state index contributed by atoms with van der Waals surface area (Å²) in [6.07, 6.45) is -2.24. The number of carbonyl (C=O) groups excluding carboxylic acids is 1. The van der Waals surface area contributed by atoms with Crippen molar-refractivity contribution >= 4 is 34.9 Å². The van der Waals surface area contributed by atoms with Gasteiger partial charge in [-0.25, -0.2) is 0 Å². The number of aromatic nitrogens is 1. The molecule has 2 heterocycles. The van der Waals surface area contributed by atoms with Gasteiger partial charge in [0.15, 0.2) is 0 Å². The molecule has 2 N–H and O–H groups in total. The molecule has 0 saturated carbocycles. The fourth-order valence-corrected chi connectivity index (χ4v) is 2.99. The molecule has 29 heavy (non-hydrogen) atoms. The maximum Gasteiger partial charge on any atom is 0.435 e. The lowest BCUT2D eigenvalue weighted by molar-refractivity contribution is -0.275. The Kier molecular flexibility index (Phi) is 7.45. The molecular formula is C18H16Cl2F3N3O3. The van der Waals surface area contributed by atoms with Crippen molar-refractivity contribution in [3.63, 3.8) is 0 Å². The minimum atomic E-state index is -4.70. The smallest absolute Gasteiger partial charge is 0.435 e. The SMILES string of the molecule is COC(=O)CN.FC(F)(F)C1(c2cc(Cl)cc(Cl)c2)CC(c2cccnc2)=NO1. The summed E-state index contributed by atoms with van der Waals surface area (Å²) >= 11 is 11.7. The molecule has 2 aromatic rings. The Morgan fingerprint density at radius 1 is 1.31 bits per heavy atom. The fourth-order valence-electron chi connectivity index (χ4n) is 2.46. The maximum atomic E-state index is 13.8. The highest BCUT2D eigenvalue weighted by atomic mass is 35.5. The third-order valence-electron chi connectivity index (χ3n) is 3.90. The minimum absolute atomic E-state index is 0.0312. The first-order valence-corrected chi connectivity index (χ1v) is 8.84. The van der Waals surface area contributed by atoms with Gasteiger partial charge in [-0.2, -0.15) is 13.2 Å². The Morgan fingerprint density at radius 3 is 2.41 bits per heavy atom. The van der Waals surface area contributed by atoms with Crippen molar-refractivity contribution in [3.8, 4) is 0 Å². The average Bonchev–Trinajstić information content (AvgIpc) is 3.15. The summed E-state index contributed by atoms with van der Waals surface area (Å²) in [6, 6.07) is 6.95. The van der Waals surface area contributed by atoms with Crippen LogP contribution in [0.3, 0.4) is 0 Å². The summed E-state index contributed by atoms with van der Waals surface area (Å²) in [5.41, 5.74) is 2.62. The molecule has 1 aromatic heterocycles. The number of hydrogen-bond donors (Lipinski definition) is 1. The van der Waals surface area contributed by atoms with Crippen LogP contribution in [-0.4, -0.2) is 36.5 Å². The van der Waals surface area contributed by atoms with E-state index >= 15 is 0 Å². The maximum absolute atomic E-state index is 13.8. The number of benzene rings is 1. The Bertz CT molecular complexity index is 869. The zero-order valence-electron chi connectivity index (χ0n) is 15.0. The lowest BCUT2D eigenvalue weighted by Gasteiger charge is -2.29. The summed E-state index contributed by atoms with van der Waals surface area (Å²) in [7, 11) is 1.30. The molecule has 0 aliphatic carbocycles. The summed E-state index contributed by atoms with van der Waals surface area (Å²) < 4.78 is 45.4. The van der Waals surface area contributed by atoms with Crippen LogP contribution >= 0.6 is 23.2 Å². The van der Waals surface area contributed by atoms with Gasteiger partial charge >= 0.3 is 12.1 Å². The van der Waals surface area contributed by atoms with Crippen LogP contribution in [0.15, 0.2) is 47.9 Å². The number of alkyl halides is 3. The van der Waals surface area contributed by atoms with Gasteiger partial charge in [-0.3, -0.25) is 9.78 Å². The number of nitrogens with two attached hydrogens (primary N) is 1. The van der Waals surface area contributed by atoms with E-state index in [0.29, 0.717) is 5.56 Å². The predicted molar refractivity (Wildman–Crippen MR) is 102 cm³/mol.